The molecule has 0 unspecified atom stereocenters. The van der Waals surface area contributed by atoms with E-state index in [9.17, 15) is 0 Å². The molecule has 0 spiro atoms. The van der Waals surface area contributed by atoms with Crippen LogP contribution >= 0.6 is 12.2 Å². The van der Waals surface area contributed by atoms with E-state index in [-0.39, 0.29) is 5.92 Å². The van der Waals surface area contributed by atoms with Gasteiger partial charge in [0, 0.05) is 19.0 Å². The Labute approximate surface area is 166 Å². The molecule has 0 atom stereocenters. The fourth-order valence-corrected chi connectivity index (χ4v) is 3.14. The second-order valence-corrected chi connectivity index (χ2v) is 6.69. The van der Waals surface area contributed by atoms with Gasteiger partial charge >= 0.3 is 0 Å². The first-order valence-corrected chi connectivity index (χ1v) is 9.41. The van der Waals surface area contributed by atoms with Gasteiger partial charge in [0.15, 0.2) is 5.11 Å². The summed E-state index contributed by atoms with van der Waals surface area (Å²) in [5.41, 5.74) is 3.70. The van der Waals surface area contributed by atoms with E-state index in [1.807, 2.05) is 36.4 Å². The van der Waals surface area contributed by atoms with Crippen molar-refractivity contribution in [1.29, 1.82) is 0 Å². The summed E-state index contributed by atoms with van der Waals surface area (Å²) in [6.45, 7) is 1.42. The van der Waals surface area contributed by atoms with Crippen LogP contribution in [0.4, 0.5) is 0 Å². The third-order valence-corrected chi connectivity index (χ3v) is 4.77. The highest BCUT2D eigenvalue weighted by molar-refractivity contribution is 7.80. The van der Waals surface area contributed by atoms with E-state index in [2.05, 4.69) is 59.2 Å². The van der Waals surface area contributed by atoms with Gasteiger partial charge in [-0.1, -0.05) is 72.8 Å². The van der Waals surface area contributed by atoms with E-state index >= 15 is 0 Å². The van der Waals surface area contributed by atoms with Crippen molar-refractivity contribution in [2.45, 2.75) is 12.5 Å². The topological polar surface area (TPSA) is 33.3 Å². The first-order valence-electron chi connectivity index (χ1n) is 9.01. The zero-order valence-corrected chi connectivity index (χ0v) is 16.2. The zero-order valence-electron chi connectivity index (χ0n) is 15.4. The number of thiocarbonyl (C=S) groups is 1. The van der Waals surface area contributed by atoms with Crippen LogP contribution in [-0.2, 0) is 6.54 Å². The Morgan fingerprint density at radius 2 is 1.37 bits per heavy atom. The molecule has 0 aliphatic heterocycles. The third kappa shape index (κ3) is 5.56. The Kier molecular flexibility index (Phi) is 6.83. The van der Waals surface area contributed by atoms with Gasteiger partial charge in [-0.3, -0.25) is 0 Å². The third-order valence-electron chi connectivity index (χ3n) is 4.48. The van der Waals surface area contributed by atoms with Crippen LogP contribution in [0.3, 0.4) is 0 Å². The average molecular weight is 377 g/mol. The summed E-state index contributed by atoms with van der Waals surface area (Å²) in [7, 11) is 1.67. The molecule has 3 aromatic carbocycles. The normalized spacial score (nSPS) is 10.4. The average Bonchev–Trinajstić information content (AvgIpc) is 2.74. The molecule has 0 saturated carbocycles. The monoisotopic (exact) mass is 376 g/mol. The zero-order chi connectivity index (χ0) is 18.9. The molecule has 0 heterocycles. The first-order chi connectivity index (χ1) is 13.3. The summed E-state index contributed by atoms with van der Waals surface area (Å²) in [6.07, 6.45) is 0. The Morgan fingerprint density at radius 1 is 0.815 bits per heavy atom. The number of hydrogen-bond donors (Lipinski definition) is 2. The fraction of sp³-hybridized carbons (Fsp3) is 0.174. The highest BCUT2D eigenvalue weighted by Gasteiger charge is 2.14. The maximum absolute atomic E-state index is 5.47. The van der Waals surface area contributed by atoms with Crippen LogP contribution in [-0.4, -0.2) is 18.8 Å². The first kappa shape index (κ1) is 18.9. The summed E-state index contributed by atoms with van der Waals surface area (Å²) in [6, 6.07) is 29.0. The molecular weight excluding hydrogens is 352 g/mol. The van der Waals surface area contributed by atoms with Crippen molar-refractivity contribution in [3.63, 3.8) is 0 Å². The van der Waals surface area contributed by atoms with E-state index in [0.717, 1.165) is 17.9 Å². The summed E-state index contributed by atoms with van der Waals surface area (Å²) in [5.74, 6) is 1.10. The van der Waals surface area contributed by atoms with Gasteiger partial charge in [0.2, 0.25) is 0 Å². The molecule has 27 heavy (non-hydrogen) atoms. The lowest BCUT2D eigenvalue weighted by atomic mass is 9.91. The molecule has 0 aromatic heterocycles. The van der Waals surface area contributed by atoms with Gasteiger partial charge in [0.25, 0.3) is 0 Å². The van der Waals surface area contributed by atoms with Crippen LogP contribution in [0.2, 0.25) is 0 Å². The minimum absolute atomic E-state index is 0.244. The quantitative estimate of drug-likeness (QED) is 0.595. The lowest BCUT2D eigenvalue weighted by Crippen LogP contribution is -2.37. The Balaban J connectivity index is 1.58. The van der Waals surface area contributed by atoms with Crippen molar-refractivity contribution in [3.8, 4) is 5.75 Å². The molecule has 138 valence electrons. The predicted octanol–water partition coefficient (Wildman–Crippen LogP) is 4.49. The van der Waals surface area contributed by atoms with Crippen molar-refractivity contribution >= 4 is 17.3 Å². The molecule has 3 rings (SSSR count). The van der Waals surface area contributed by atoms with Crippen molar-refractivity contribution < 1.29 is 4.74 Å². The molecule has 0 bridgehead atoms. The van der Waals surface area contributed by atoms with Gasteiger partial charge in [-0.05, 0) is 41.0 Å². The lowest BCUT2D eigenvalue weighted by Gasteiger charge is -2.20. The second kappa shape index (κ2) is 9.74. The van der Waals surface area contributed by atoms with Crippen LogP contribution in [0, 0.1) is 0 Å². The van der Waals surface area contributed by atoms with Crippen LogP contribution in [0.15, 0.2) is 84.9 Å². The molecule has 3 nitrogen and oxygen atoms in total. The molecule has 0 radical (unpaired) electrons. The molecular formula is C23H24N2OS. The van der Waals surface area contributed by atoms with E-state index in [1.54, 1.807) is 7.11 Å². The van der Waals surface area contributed by atoms with Crippen LogP contribution < -0.4 is 15.4 Å². The molecule has 3 aromatic rings. The Bertz CT molecular complexity index is 796. The van der Waals surface area contributed by atoms with E-state index < -0.39 is 0 Å². The van der Waals surface area contributed by atoms with Gasteiger partial charge in [-0.25, -0.2) is 0 Å². The maximum atomic E-state index is 5.47. The molecule has 0 aliphatic rings. The van der Waals surface area contributed by atoms with Crippen molar-refractivity contribution in [2.75, 3.05) is 13.7 Å². The Hall–Kier alpha value is -2.85. The number of hydrogen-bond acceptors (Lipinski definition) is 2. The van der Waals surface area contributed by atoms with Crippen LogP contribution in [0.25, 0.3) is 0 Å². The van der Waals surface area contributed by atoms with Crippen molar-refractivity contribution in [2.24, 2.45) is 0 Å². The van der Waals surface area contributed by atoms with E-state index in [0.29, 0.717) is 11.7 Å². The second-order valence-electron chi connectivity index (χ2n) is 6.29. The molecule has 0 aliphatic carbocycles. The molecule has 0 fully saturated rings. The maximum Gasteiger partial charge on any atom is 0.166 e. The van der Waals surface area contributed by atoms with Crippen molar-refractivity contribution in [3.05, 3.63) is 102 Å². The number of ether oxygens (including phenoxy) is 1. The van der Waals surface area contributed by atoms with Crippen molar-refractivity contribution in [1.82, 2.24) is 10.6 Å². The standard InChI is InChI=1S/C23H24N2OS/c1-26-21-14-12-18(13-15-21)16-24-23(27)25-17-22(19-8-4-2-5-9-19)20-10-6-3-7-11-20/h2-15,22H,16-17H2,1H3,(H2,24,25,27). The summed E-state index contributed by atoms with van der Waals surface area (Å²) in [5, 5.41) is 7.30. The Morgan fingerprint density at radius 3 is 1.89 bits per heavy atom. The summed E-state index contributed by atoms with van der Waals surface area (Å²) in [4.78, 5) is 0. The number of nitrogens with one attached hydrogen (secondary N) is 2. The molecule has 2 N–H and O–H groups in total. The van der Waals surface area contributed by atoms with E-state index in [1.165, 1.54) is 11.1 Å². The van der Waals surface area contributed by atoms with Crippen LogP contribution in [0.5, 0.6) is 5.75 Å². The SMILES string of the molecule is COc1ccc(CNC(=S)NCC(c2ccccc2)c2ccccc2)cc1. The van der Waals surface area contributed by atoms with Crippen LogP contribution in [0.1, 0.15) is 22.6 Å². The predicted molar refractivity (Wildman–Crippen MR) is 115 cm³/mol. The smallest absolute Gasteiger partial charge is 0.166 e. The number of methoxy groups -OCH3 is 1. The minimum Gasteiger partial charge on any atom is -0.497 e. The fourth-order valence-electron chi connectivity index (χ4n) is 2.98. The summed E-state index contributed by atoms with van der Waals surface area (Å²) < 4.78 is 5.19. The lowest BCUT2D eigenvalue weighted by molar-refractivity contribution is 0.414. The summed E-state index contributed by atoms with van der Waals surface area (Å²) >= 11 is 5.47. The van der Waals surface area contributed by atoms with Gasteiger partial charge in [-0.2, -0.15) is 0 Å². The highest BCUT2D eigenvalue weighted by Crippen LogP contribution is 2.23. The molecule has 0 saturated heterocycles. The van der Waals surface area contributed by atoms with Gasteiger partial charge in [-0.15, -0.1) is 0 Å². The molecule has 4 heteroatoms. The number of rotatable bonds is 7. The largest absolute Gasteiger partial charge is 0.497 e. The van der Waals surface area contributed by atoms with E-state index in [4.69, 9.17) is 17.0 Å². The highest BCUT2D eigenvalue weighted by atomic mass is 32.1. The van der Waals surface area contributed by atoms with Gasteiger partial charge in [0.1, 0.15) is 5.75 Å². The minimum atomic E-state index is 0.244. The molecule has 0 amide bonds. The van der Waals surface area contributed by atoms with Gasteiger partial charge < -0.3 is 15.4 Å². The number of benzene rings is 3. The van der Waals surface area contributed by atoms with Gasteiger partial charge in [0.05, 0.1) is 7.11 Å².